The van der Waals surface area contributed by atoms with E-state index in [9.17, 15) is 13.2 Å². The lowest BCUT2D eigenvalue weighted by atomic mass is 9.53. The Kier molecular flexibility index (Phi) is 5.04. The fourth-order valence-corrected chi connectivity index (χ4v) is 7.31. The van der Waals surface area contributed by atoms with E-state index in [-0.39, 0.29) is 22.8 Å². The van der Waals surface area contributed by atoms with Crippen LogP contribution in [-0.4, -0.2) is 25.6 Å². The fourth-order valence-electron chi connectivity index (χ4n) is 6.40. The Hall–Kier alpha value is -2.41. The molecule has 0 unspecified atom stereocenters. The summed E-state index contributed by atoms with van der Waals surface area (Å²) in [6, 6.07) is 12.6. The molecule has 4 bridgehead atoms. The molecule has 0 spiro atoms. The van der Waals surface area contributed by atoms with Gasteiger partial charge >= 0.3 is 0 Å². The second-order valence-corrected chi connectivity index (χ2v) is 11.5. The quantitative estimate of drug-likeness (QED) is 0.527. The van der Waals surface area contributed by atoms with Crippen molar-refractivity contribution in [2.75, 3.05) is 0 Å². The standard InChI is InChI=1S/C24H29N3O3S/c1-16(8-23(28)25-24-13-17-9-18(14-24)11-19(10-17)15-24)26-27-31(29,30)22-7-6-20-4-2-3-5-21(20)12-22/h2-7,12,17-19,27H,8-11,13-15H2,1H3,(H,25,28)/b26-16-. The Morgan fingerprint density at radius 1 is 1.00 bits per heavy atom. The number of nitrogens with one attached hydrogen (secondary N) is 2. The van der Waals surface area contributed by atoms with Gasteiger partial charge in [0.25, 0.3) is 10.0 Å². The van der Waals surface area contributed by atoms with Gasteiger partial charge in [0, 0.05) is 11.3 Å². The molecule has 4 aliphatic rings. The predicted octanol–water partition coefficient (Wildman–Crippen LogP) is 3.97. The Morgan fingerprint density at radius 2 is 1.61 bits per heavy atom. The van der Waals surface area contributed by atoms with Crippen molar-refractivity contribution in [1.29, 1.82) is 0 Å². The Morgan fingerprint density at radius 3 is 2.26 bits per heavy atom. The third-order valence-corrected chi connectivity index (χ3v) is 8.45. The first kappa shape index (κ1) is 20.5. The Labute approximate surface area is 183 Å². The van der Waals surface area contributed by atoms with Crippen molar-refractivity contribution in [3.05, 3.63) is 42.5 Å². The van der Waals surface area contributed by atoms with E-state index in [0.29, 0.717) is 5.71 Å². The molecule has 0 atom stereocenters. The number of benzene rings is 2. The third kappa shape index (κ3) is 4.20. The number of nitrogens with zero attached hydrogens (tertiary/aromatic N) is 1. The molecule has 2 aromatic carbocycles. The number of amides is 1. The smallest absolute Gasteiger partial charge is 0.276 e. The summed E-state index contributed by atoms with van der Waals surface area (Å²) in [5.41, 5.74) is 0.406. The second kappa shape index (κ2) is 7.62. The van der Waals surface area contributed by atoms with Crippen LogP contribution in [0.1, 0.15) is 51.9 Å². The van der Waals surface area contributed by atoms with E-state index in [2.05, 4.69) is 15.2 Å². The zero-order chi connectivity index (χ0) is 21.6. The first-order chi connectivity index (χ1) is 14.8. The number of fused-ring (bicyclic) bond motifs is 1. The van der Waals surface area contributed by atoms with Gasteiger partial charge in [-0.15, -0.1) is 0 Å². The van der Waals surface area contributed by atoms with E-state index in [1.165, 1.54) is 19.3 Å². The molecule has 0 aromatic heterocycles. The maximum absolute atomic E-state index is 12.7. The molecule has 31 heavy (non-hydrogen) atoms. The van der Waals surface area contributed by atoms with Crippen LogP contribution in [0.5, 0.6) is 0 Å². The minimum atomic E-state index is -3.80. The molecule has 6 nitrogen and oxygen atoms in total. The predicted molar refractivity (Wildman–Crippen MR) is 121 cm³/mol. The normalized spacial score (nSPS) is 29.8. The minimum Gasteiger partial charge on any atom is -0.350 e. The topological polar surface area (TPSA) is 87.6 Å². The summed E-state index contributed by atoms with van der Waals surface area (Å²) in [5.74, 6) is 2.22. The third-order valence-electron chi connectivity index (χ3n) is 7.25. The number of rotatable bonds is 6. The highest BCUT2D eigenvalue weighted by Crippen LogP contribution is 2.55. The molecule has 4 saturated carbocycles. The lowest BCUT2D eigenvalue weighted by Gasteiger charge is -2.56. The van der Waals surface area contributed by atoms with Crippen molar-refractivity contribution in [3.63, 3.8) is 0 Å². The number of hydrogen-bond donors (Lipinski definition) is 2. The van der Waals surface area contributed by atoms with Gasteiger partial charge in [0.2, 0.25) is 5.91 Å². The highest BCUT2D eigenvalue weighted by molar-refractivity contribution is 7.89. The van der Waals surface area contributed by atoms with E-state index in [1.54, 1.807) is 25.1 Å². The zero-order valence-corrected chi connectivity index (χ0v) is 18.6. The second-order valence-electron chi connectivity index (χ2n) is 9.87. The summed E-state index contributed by atoms with van der Waals surface area (Å²) in [5, 5.41) is 9.13. The van der Waals surface area contributed by atoms with Crippen molar-refractivity contribution in [2.24, 2.45) is 22.9 Å². The van der Waals surface area contributed by atoms with Gasteiger partial charge in [-0.25, -0.2) is 4.83 Å². The Bertz CT molecular complexity index is 1120. The molecular formula is C24H29N3O3S. The molecule has 4 fully saturated rings. The fraction of sp³-hybridized carbons (Fsp3) is 0.500. The molecule has 0 radical (unpaired) electrons. The largest absolute Gasteiger partial charge is 0.350 e. The van der Waals surface area contributed by atoms with Crippen molar-refractivity contribution in [3.8, 4) is 0 Å². The SMILES string of the molecule is C/C(CC(=O)NC12CC3CC(CC(C3)C1)C2)=N/NS(=O)(=O)c1ccc2ccccc2c1. The van der Waals surface area contributed by atoms with Gasteiger partial charge in [0.1, 0.15) is 0 Å². The summed E-state index contributed by atoms with van der Waals surface area (Å²) in [6.45, 7) is 1.68. The highest BCUT2D eigenvalue weighted by atomic mass is 32.2. The van der Waals surface area contributed by atoms with Gasteiger partial charge in [-0.3, -0.25) is 4.79 Å². The van der Waals surface area contributed by atoms with Crippen molar-refractivity contribution < 1.29 is 13.2 Å². The van der Waals surface area contributed by atoms with Crippen LogP contribution in [0, 0.1) is 17.8 Å². The monoisotopic (exact) mass is 439 g/mol. The molecule has 1 amide bonds. The van der Waals surface area contributed by atoms with Crippen molar-refractivity contribution >= 4 is 32.4 Å². The lowest BCUT2D eigenvalue weighted by Crippen LogP contribution is -2.60. The first-order valence-electron chi connectivity index (χ1n) is 11.2. The van der Waals surface area contributed by atoms with Gasteiger partial charge < -0.3 is 5.32 Å². The summed E-state index contributed by atoms with van der Waals surface area (Å²) in [4.78, 5) is 15.1. The Balaban J connectivity index is 1.22. The molecular weight excluding hydrogens is 410 g/mol. The summed E-state index contributed by atoms with van der Waals surface area (Å²) >= 11 is 0. The number of sulfonamides is 1. The van der Waals surface area contributed by atoms with Crippen LogP contribution in [0.25, 0.3) is 10.8 Å². The number of carbonyl (C=O) groups excluding carboxylic acids is 1. The molecule has 2 N–H and O–H groups in total. The van der Waals surface area contributed by atoms with Gasteiger partial charge in [-0.2, -0.15) is 13.5 Å². The van der Waals surface area contributed by atoms with Crippen LogP contribution in [0.15, 0.2) is 52.5 Å². The van der Waals surface area contributed by atoms with E-state index < -0.39 is 10.0 Å². The highest BCUT2D eigenvalue weighted by Gasteiger charge is 2.51. The first-order valence-corrected chi connectivity index (χ1v) is 12.6. The van der Waals surface area contributed by atoms with Crippen LogP contribution in [0.4, 0.5) is 0 Å². The minimum absolute atomic E-state index is 0.0449. The molecule has 164 valence electrons. The number of hydrazone groups is 1. The van der Waals surface area contributed by atoms with Gasteiger partial charge in [-0.1, -0.05) is 30.3 Å². The molecule has 0 aliphatic heterocycles. The van der Waals surface area contributed by atoms with E-state index >= 15 is 0 Å². The molecule has 6 rings (SSSR count). The van der Waals surface area contributed by atoms with E-state index in [4.69, 9.17) is 0 Å². The average molecular weight is 440 g/mol. The van der Waals surface area contributed by atoms with Crippen molar-refractivity contribution in [1.82, 2.24) is 10.1 Å². The van der Waals surface area contributed by atoms with Gasteiger partial charge in [0.05, 0.1) is 11.3 Å². The van der Waals surface area contributed by atoms with Gasteiger partial charge in [-0.05, 0) is 86.1 Å². The van der Waals surface area contributed by atoms with Crippen LogP contribution in [0.2, 0.25) is 0 Å². The lowest BCUT2D eigenvalue weighted by molar-refractivity contribution is -0.125. The van der Waals surface area contributed by atoms with Crippen LogP contribution < -0.4 is 10.1 Å². The molecule has 0 heterocycles. The molecule has 2 aromatic rings. The van der Waals surface area contributed by atoms with Gasteiger partial charge in [0.15, 0.2) is 0 Å². The van der Waals surface area contributed by atoms with Crippen LogP contribution in [0.3, 0.4) is 0 Å². The molecule has 0 saturated heterocycles. The summed E-state index contributed by atoms with van der Waals surface area (Å²) in [7, 11) is -3.80. The number of hydrogen-bond acceptors (Lipinski definition) is 4. The molecule has 4 aliphatic carbocycles. The maximum atomic E-state index is 12.7. The molecule has 7 heteroatoms. The van der Waals surface area contributed by atoms with E-state index in [1.807, 2.05) is 24.3 Å². The summed E-state index contributed by atoms with van der Waals surface area (Å²) < 4.78 is 25.3. The zero-order valence-electron chi connectivity index (χ0n) is 17.8. The maximum Gasteiger partial charge on any atom is 0.276 e. The summed E-state index contributed by atoms with van der Waals surface area (Å²) in [6.07, 6.45) is 7.35. The number of carbonyl (C=O) groups is 1. The van der Waals surface area contributed by atoms with Crippen molar-refractivity contribution in [2.45, 2.75) is 62.3 Å². The average Bonchev–Trinajstić information content (AvgIpc) is 2.70. The van der Waals surface area contributed by atoms with Crippen LogP contribution in [-0.2, 0) is 14.8 Å². The van der Waals surface area contributed by atoms with Crippen LogP contribution >= 0.6 is 0 Å². The van der Waals surface area contributed by atoms with E-state index in [0.717, 1.165) is 47.8 Å².